The largest absolute Gasteiger partial charge is 0.370 e. The van der Waals surface area contributed by atoms with Crippen LogP contribution in [0.25, 0.3) is 0 Å². The molecule has 0 bridgehead atoms. The number of amides is 1. The molecule has 2 N–H and O–H groups in total. The zero-order valence-electron chi connectivity index (χ0n) is 9.95. The van der Waals surface area contributed by atoms with Gasteiger partial charge in [0.25, 0.3) is 0 Å². The van der Waals surface area contributed by atoms with Crippen molar-refractivity contribution in [3.63, 3.8) is 0 Å². The highest BCUT2D eigenvalue weighted by atomic mass is 35.5. The number of benzene rings is 2. The number of hydrogen-bond donors (Lipinski definition) is 1. The van der Waals surface area contributed by atoms with Crippen molar-refractivity contribution in [2.45, 2.75) is 12.3 Å². The molecule has 0 heterocycles. The minimum atomic E-state index is -0.275. The third-order valence-corrected chi connectivity index (χ3v) is 2.81. The summed E-state index contributed by atoms with van der Waals surface area (Å²) >= 11 is 0. The fourth-order valence-corrected chi connectivity index (χ4v) is 2.00. The van der Waals surface area contributed by atoms with E-state index in [0.717, 1.165) is 11.1 Å². The van der Waals surface area contributed by atoms with E-state index >= 15 is 0 Å². The normalized spacial score (nSPS) is 9.83. The van der Waals surface area contributed by atoms with Gasteiger partial charge in [-0.2, -0.15) is 0 Å². The summed E-state index contributed by atoms with van der Waals surface area (Å²) in [5.41, 5.74) is 7.57. The molecule has 2 nitrogen and oxygen atoms in total. The second-order valence-corrected chi connectivity index (χ2v) is 4.04. The molecule has 0 aliphatic carbocycles. The molecule has 0 radical (unpaired) electrons. The number of rotatable bonds is 4. The predicted octanol–water partition coefficient (Wildman–Crippen LogP) is 3.12. The van der Waals surface area contributed by atoms with Crippen molar-refractivity contribution < 1.29 is 4.79 Å². The summed E-state index contributed by atoms with van der Waals surface area (Å²) in [5.74, 6) is -0.224. The van der Waals surface area contributed by atoms with Crippen molar-refractivity contribution in [2.24, 2.45) is 5.73 Å². The second kappa shape index (κ2) is 6.82. The van der Waals surface area contributed by atoms with Crippen molar-refractivity contribution in [2.75, 3.05) is 0 Å². The van der Waals surface area contributed by atoms with E-state index < -0.39 is 0 Å². The smallest absolute Gasteiger partial charge is 0.218 e. The Bertz CT molecular complexity index is 445. The fourth-order valence-electron chi connectivity index (χ4n) is 2.00. The summed E-state index contributed by atoms with van der Waals surface area (Å²) < 4.78 is 0. The van der Waals surface area contributed by atoms with Gasteiger partial charge in [0, 0.05) is 12.3 Å². The summed E-state index contributed by atoms with van der Waals surface area (Å²) in [4.78, 5) is 11.2. The molecule has 0 aromatic heterocycles. The summed E-state index contributed by atoms with van der Waals surface area (Å²) in [6.45, 7) is 0. The van der Waals surface area contributed by atoms with Crippen molar-refractivity contribution in [1.29, 1.82) is 0 Å². The number of halogens is 1. The molecule has 0 aliphatic heterocycles. The number of primary amides is 1. The highest BCUT2D eigenvalue weighted by molar-refractivity contribution is 5.85. The van der Waals surface area contributed by atoms with Crippen LogP contribution < -0.4 is 5.73 Å². The number of carbonyl (C=O) groups is 1. The Morgan fingerprint density at radius 1 is 0.889 bits per heavy atom. The maximum absolute atomic E-state index is 11.2. The van der Waals surface area contributed by atoms with E-state index in [-0.39, 0.29) is 24.2 Å². The Hall–Kier alpha value is -1.80. The molecular weight excluding hydrogens is 246 g/mol. The molecule has 94 valence electrons. The van der Waals surface area contributed by atoms with E-state index in [1.807, 2.05) is 60.7 Å². The molecular formula is C15H16ClNO. The van der Waals surface area contributed by atoms with Gasteiger partial charge < -0.3 is 5.73 Å². The maximum Gasteiger partial charge on any atom is 0.218 e. The molecule has 0 fully saturated rings. The minimum Gasteiger partial charge on any atom is -0.370 e. The maximum atomic E-state index is 11.2. The molecule has 0 aliphatic rings. The molecule has 0 atom stereocenters. The minimum absolute atomic E-state index is 0. The van der Waals surface area contributed by atoms with E-state index in [9.17, 15) is 4.79 Å². The van der Waals surface area contributed by atoms with E-state index in [1.54, 1.807) is 0 Å². The van der Waals surface area contributed by atoms with Gasteiger partial charge in [0.05, 0.1) is 0 Å². The highest BCUT2D eigenvalue weighted by Gasteiger charge is 2.15. The molecule has 3 heteroatoms. The zero-order chi connectivity index (χ0) is 12.1. The van der Waals surface area contributed by atoms with E-state index in [0.29, 0.717) is 6.42 Å². The van der Waals surface area contributed by atoms with Crippen LogP contribution in [0.5, 0.6) is 0 Å². The summed E-state index contributed by atoms with van der Waals surface area (Å²) in [6, 6.07) is 20.0. The standard InChI is InChI=1S/C15H15NO.ClH/c16-15(17)11-14(12-7-3-1-4-8-12)13-9-5-2-6-10-13;/h1-10,14H,11H2,(H2,16,17);1H. The molecule has 18 heavy (non-hydrogen) atoms. The monoisotopic (exact) mass is 261 g/mol. The first-order chi connectivity index (χ1) is 8.27. The van der Waals surface area contributed by atoms with Crippen LogP contribution in [-0.2, 0) is 4.79 Å². The topological polar surface area (TPSA) is 43.1 Å². The van der Waals surface area contributed by atoms with Crippen LogP contribution >= 0.6 is 12.4 Å². The number of hydrogen-bond acceptors (Lipinski definition) is 1. The summed E-state index contributed by atoms with van der Waals surface area (Å²) in [5, 5.41) is 0. The van der Waals surface area contributed by atoms with Gasteiger partial charge in [-0.25, -0.2) is 0 Å². The van der Waals surface area contributed by atoms with E-state index in [2.05, 4.69) is 0 Å². The number of carbonyl (C=O) groups excluding carboxylic acids is 1. The SMILES string of the molecule is Cl.NC(=O)CC(c1ccccc1)c1ccccc1. The van der Waals surface area contributed by atoms with Gasteiger partial charge in [-0.1, -0.05) is 60.7 Å². The summed E-state index contributed by atoms with van der Waals surface area (Å²) in [7, 11) is 0. The van der Waals surface area contributed by atoms with Crippen molar-refractivity contribution in [3.8, 4) is 0 Å². The first-order valence-corrected chi connectivity index (χ1v) is 5.65. The lowest BCUT2D eigenvalue weighted by atomic mass is 9.88. The second-order valence-electron chi connectivity index (χ2n) is 4.04. The molecule has 1 amide bonds. The van der Waals surface area contributed by atoms with Gasteiger partial charge in [0.2, 0.25) is 5.91 Å². The van der Waals surface area contributed by atoms with Gasteiger partial charge in [-0.05, 0) is 11.1 Å². The van der Waals surface area contributed by atoms with Crippen LogP contribution in [0.1, 0.15) is 23.5 Å². The Morgan fingerprint density at radius 2 is 1.28 bits per heavy atom. The molecule has 0 unspecified atom stereocenters. The molecule has 0 saturated carbocycles. The van der Waals surface area contributed by atoms with Gasteiger partial charge in [0.15, 0.2) is 0 Å². The lowest BCUT2D eigenvalue weighted by Gasteiger charge is -2.16. The van der Waals surface area contributed by atoms with Crippen molar-refractivity contribution >= 4 is 18.3 Å². The quantitative estimate of drug-likeness (QED) is 0.903. The Balaban J connectivity index is 0.00000162. The van der Waals surface area contributed by atoms with Crippen LogP contribution in [0.3, 0.4) is 0 Å². The first kappa shape index (κ1) is 14.3. The van der Waals surface area contributed by atoms with E-state index in [4.69, 9.17) is 5.73 Å². The molecule has 0 spiro atoms. The fraction of sp³-hybridized carbons (Fsp3) is 0.133. The van der Waals surface area contributed by atoms with Gasteiger partial charge in [-0.3, -0.25) is 4.79 Å². The van der Waals surface area contributed by atoms with Crippen LogP contribution in [0.2, 0.25) is 0 Å². The average Bonchev–Trinajstić information content (AvgIpc) is 2.38. The van der Waals surface area contributed by atoms with Gasteiger partial charge in [-0.15, -0.1) is 12.4 Å². The zero-order valence-corrected chi connectivity index (χ0v) is 10.8. The molecule has 2 rings (SSSR count). The lowest BCUT2D eigenvalue weighted by Crippen LogP contribution is -2.16. The van der Waals surface area contributed by atoms with Crippen LogP contribution in [0.4, 0.5) is 0 Å². The van der Waals surface area contributed by atoms with Crippen LogP contribution in [0, 0.1) is 0 Å². The highest BCUT2D eigenvalue weighted by Crippen LogP contribution is 2.27. The van der Waals surface area contributed by atoms with Crippen LogP contribution in [0.15, 0.2) is 60.7 Å². The van der Waals surface area contributed by atoms with Gasteiger partial charge >= 0.3 is 0 Å². The Labute approximate surface area is 113 Å². The number of nitrogens with two attached hydrogens (primary N) is 1. The lowest BCUT2D eigenvalue weighted by molar-refractivity contribution is -0.118. The summed E-state index contributed by atoms with van der Waals surface area (Å²) in [6.07, 6.45) is 0.341. The predicted molar refractivity (Wildman–Crippen MR) is 75.8 cm³/mol. The van der Waals surface area contributed by atoms with Crippen molar-refractivity contribution in [3.05, 3.63) is 71.8 Å². The average molecular weight is 262 g/mol. The molecule has 2 aromatic carbocycles. The van der Waals surface area contributed by atoms with Gasteiger partial charge in [0.1, 0.15) is 0 Å². The van der Waals surface area contributed by atoms with Crippen LogP contribution in [-0.4, -0.2) is 5.91 Å². The third kappa shape index (κ3) is 3.60. The molecule has 2 aromatic rings. The van der Waals surface area contributed by atoms with E-state index in [1.165, 1.54) is 0 Å². The Morgan fingerprint density at radius 3 is 1.61 bits per heavy atom. The Kier molecular flexibility index (Phi) is 5.40. The van der Waals surface area contributed by atoms with Crippen molar-refractivity contribution in [1.82, 2.24) is 0 Å². The third-order valence-electron chi connectivity index (χ3n) is 2.81. The molecule has 0 saturated heterocycles. The first-order valence-electron chi connectivity index (χ1n) is 5.65.